The third kappa shape index (κ3) is 7.39. The molecule has 2 aromatic carbocycles. The van der Waals surface area contributed by atoms with Crippen LogP contribution >= 0.6 is 0 Å². The van der Waals surface area contributed by atoms with Crippen molar-refractivity contribution in [1.82, 2.24) is 10.2 Å². The smallest absolute Gasteiger partial charge is 0.224 e. The molecule has 1 aliphatic rings. The maximum Gasteiger partial charge on any atom is 0.224 e. The van der Waals surface area contributed by atoms with Crippen molar-refractivity contribution in [3.63, 3.8) is 0 Å². The van der Waals surface area contributed by atoms with Crippen LogP contribution in [0.1, 0.15) is 30.9 Å². The first kappa shape index (κ1) is 23.8. The zero-order chi connectivity index (χ0) is 22.9. The van der Waals surface area contributed by atoms with Crippen LogP contribution in [0.4, 0.5) is 14.5 Å². The zero-order valence-electron chi connectivity index (χ0n) is 18.2. The molecule has 172 valence electrons. The number of morpholine rings is 1. The fourth-order valence-electron chi connectivity index (χ4n) is 3.52. The Morgan fingerprint density at radius 2 is 1.81 bits per heavy atom. The summed E-state index contributed by atoms with van der Waals surface area (Å²) in [6.45, 7) is 4.51. The number of carbonyl (C=O) groups is 2. The first-order chi connectivity index (χ1) is 15.4. The molecule has 2 N–H and O–H groups in total. The highest BCUT2D eigenvalue weighted by molar-refractivity contribution is 5.90. The molecule has 1 fully saturated rings. The number of benzene rings is 2. The number of rotatable bonds is 9. The Bertz CT molecular complexity index is 921. The van der Waals surface area contributed by atoms with Crippen molar-refractivity contribution in [2.24, 2.45) is 0 Å². The van der Waals surface area contributed by atoms with Crippen LogP contribution in [0.2, 0.25) is 0 Å². The van der Waals surface area contributed by atoms with E-state index >= 15 is 0 Å². The van der Waals surface area contributed by atoms with Gasteiger partial charge in [0.25, 0.3) is 0 Å². The maximum absolute atomic E-state index is 13.4. The van der Waals surface area contributed by atoms with E-state index in [4.69, 9.17) is 4.74 Å². The Morgan fingerprint density at radius 1 is 1.06 bits per heavy atom. The summed E-state index contributed by atoms with van der Waals surface area (Å²) in [5.74, 6) is -1.80. The van der Waals surface area contributed by atoms with E-state index in [0.29, 0.717) is 57.6 Å². The molecule has 0 saturated carbocycles. The SMILES string of the molecule is CCC(=O)Nc1ccc(CCC(=O)NC[C@H]2CN(Cc3ccc(F)c(F)c3)CCO2)cc1. The van der Waals surface area contributed by atoms with Crippen molar-refractivity contribution in [3.8, 4) is 0 Å². The van der Waals surface area contributed by atoms with E-state index < -0.39 is 11.6 Å². The molecule has 8 heteroatoms. The molecule has 0 spiro atoms. The minimum Gasteiger partial charge on any atom is -0.374 e. The normalized spacial score (nSPS) is 16.5. The van der Waals surface area contributed by atoms with Crippen LogP contribution in [0, 0.1) is 11.6 Å². The molecule has 0 unspecified atom stereocenters. The van der Waals surface area contributed by atoms with Crippen LogP contribution in [-0.4, -0.2) is 49.1 Å². The summed E-state index contributed by atoms with van der Waals surface area (Å²) in [6.07, 6.45) is 1.22. The number of ether oxygens (including phenoxy) is 1. The number of halogens is 2. The highest BCUT2D eigenvalue weighted by Crippen LogP contribution is 2.14. The minimum atomic E-state index is -0.851. The van der Waals surface area contributed by atoms with Gasteiger partial charge in [0.1, 0.15) is 0 Å². The average molecular weight is 446 g/mol. The van der Waals surface area contributed by atoms with E-state index in [1.807, 2.05) is 24.3 Å². The molecule has 1 aliphatic heterocycles. The lowest BCUT2D eigenvalue weighted by Gasteiger charge is -2.33. The van der Waals surface area contributed by atoms with E-state index in [1.54, 1.807) is 13.0 Å². The Labute approximate surface area is 186 Å². The molecule has 2 aromatic rings. The first-order valence-corrected chi connectivity index (χ1v) is 10.9. The van der Waals surface area contributed by atoms with Crippen LogP contribution in [0.15, 0.2) is 42.5 Å². The quantitative estimate of drug-likeness (QED) is 0.622. The summed E-state index contributed by atoms with van der Waals surface area (Å²) in [5.41, 5.74) is 2.46. The molecule has 0 aromatic heterocycles. The molecule has 1 saturated heterocycles. The van der Waals surface area contributed by atoms with Gasteiger partial charge in [-0.3, -0.25) is 14.5 Å². The lowest BCUT2D eigenvalue weighted by molar-refractivity contribution is -0.122. The Hall–Kier alpha value is -2.84. The summed E-state index contributed by atoms with van der Waals surface area (Å²) in [5, 5.41) is 5.70. The second kappa shape index (κ2) is 11.7. The molecule has 3 rings (SSSR count). The van der Waals surface area contributed by atoms with Gasteiger partial charge in [-0.25, -0.2) is 8.78 Å². The van der Waals surface area contributed by atoms with Crippen LogP contribution in [0.25, 0.3) is 0 Å². The first-order valence-electron chi connectivity index (χ1n) is 10.9. The zero-order valence-corrected chi connectivity index (χ0v) is 18.2. The summed E-state index contributed by atoms with van der Waals surface area (Å²) in [7, 11) is 0. The second-order valence-electron chi connectivity index (χ2n) is 7.88. The molecule has 1 heterocycles. The third-order valence-electron chi connectivity index (χ3n) is 5.34. The number of hydrogen-bond acceptors (Lipinski definition) is 4. The molecule has 2 amide bonds. The Kier molecular flexibility index (Phi) is 8.70. The largest absolute Gasteiger partial charge is 0.374 e. The number of aryl methyl sites for hydroxylation is 1. The Morgan fingerprint density at radius 3 is 2.53 bits per heavy atom. The Balaban J connectivity index is 1.38. The summed E-state index contributed by atoms with van der Waals surface area (Å²) >= 11 is 0. The van der Waals surface area contributed by atoms with Gasteiger partial charge in [-0.15, -0.1) is 0 Å². The predicted molar refractivity (Wildman–Crippen MR) is 118 cm³/mol. The van der Waals surface area contributed by atoms with Crippen molar-refractivity contribution in [2.75, 3.05) is 31.6 Å². The van der Waals surface area contributed by atoms with Crippen molar-refractivity contribution in [1.29, 1.82) is 0 Å². The third-order valence-corrected chi connectivity index (χ3v) is 5.34. The van der Waals surface area contributed by atoms with Crippen LogP contribution in [0.3, 0.4) is 0 Å². The highest BCUT2D eigenvalue weighted by atomic mass is 19.2. The van der Waals surface area contributed by atoms with Gasteiger partial charge >= 0.3 is 0 Å². The minimum absolute atomic E-state index is 0.0366. The monoisotopic (exact) mass is 445 g/mol. The van der Waals surface area contributed by atoms with Crippen LogP contribution in [-0.2, 0) is 27.3 Å². The lowest BCUT2D eigenvalue weighted by atomic mass is 10.1. The lowest BCUT2D eigenvalue weighted by Crippen LogP contribution is -2.47. The number of nitrogens with zero attached hydrogens (tertiary/aromatic N) is 1. The van der Waals surface area contributed by atoms with Crippen LogP contribution < -0.4 is 10.6 Å². The van der Waals surface area contributed by atoms with Gasteiger partial charge in [0.15, 0.2) is 11.6 Å². The summed E-state index contributed by atoms with van der Waals surface area (Å²) in [4.78, 5) is 25.8. The van der Waals surface area contributed by atoms with Gasteiger partial charge in [0.2, 0.25) is 11.8 Å². The summed E-state index contributed by atoms with van der Waals surface area (Å²) in [6, 6.07) is 11.4. The van der Waals surface area contributed by atoms with Gasteiger partial charge in [0.05, 0.1) is 12.7 Å². The number of amides is 2. The fraction of sp³-hybridized carbons (Fsp3) is 0.417. The maximum atomic E-state index is 13.4. The van der Waals surface area contributed by atoms with Crippen molar-refractivity contribution < 1.29 is 23.1 Å². The number of nitrogens with one attached hydrogen (secondary N) is 2. The van der Waals surface area contributed by atoms with Gasteiger partial charge < -0.3 is 15.4 Å². The van der Waals surface area contributed by atoms with Gasteiger partial charge in [-0.1, -0.05) is 25.1 Å². The van der Waals surface area contributed by atoms with Gasteiger partial charge in [-0.05, 0) is 41.8 Å². The molecular formula is C24H29F2N3O3. The predicted octanol–water partition coefficient (Wildman–Crippen LogP) is 3.26. The molecule has 0 bridgehead atoms. The van der Waals surface area contributed by atoms with E-state index in [9.17, 15) is 18.4 Å². The van der Waals surface area contributed by atoms with Crippen LogP contribution in [0.5, 0.6) is 0 Å². The molecule has 0 radical (unpaired) electrons. The number of anilines is 1. The molecule has 1 atom stereocenters. The second-order valence-corrected chi connectivity index (χ2v) is 7.88. The average Bonchev–Trinajstić information content (AvgIpc) is 2.80. The molecule has 6 nitrogen and oxygen atoms in total. The standard InChI is InChI=1S/C24H29F2N3O3/c1-2-23(30)28-19-7-3-17(4-8-19)6-10-24(31)27-14-20-16-29(11-12-32-20)15-18-5-9-21(25)22(26)13-18/h3-5,7-9,13,20H,2,6,10-12,14-16H2,1H3,(H,27,31)(H,28,30)/t20-/m0/s1. The van der Waals surface area contributed by atoms with Gasteiger partial charge in [-0.2, -0.15) is 0 Å². The molecule has 32 heavy (non-hydrogen) atoms. The number of hydrogen-bond donors (Lipinski definition) is 2. The van der Waals surface area contributed by atoms with Crippen molar-refractivity contribution in [3.05, 3.63) is 65.2 Å². The van der Waals surface area contributed by atoms with Gasteiger partial charge in [0, 0.05) is 44.7 Å². The van der Waals surface area contributed by atoms with E-state index in [0.717, 1.165) is 17.3 Å². The topological polar surface area (TPSA) is 70.7 Å². The van der Waals surface area contributed by atoms with Crippen molar-refractivity contribution in [2.45, 2.75) is 38.8 Å². The highest BCUT2D eigenvalue weighted by Gasteiger charge is 2.21. The molecule has 0 aliphatic carbocycles. The van der Waals surface area contributed by atoms with E-state index in [-0.39, 0.29) is 17.9 Å². The van der Waals surface area contributed by atoms with Crippen molar-refractivity contribution >= 4 is 17.5 Å². The molecular weight excluding hydrogens is 416 g/mol. The fourth-order valence-corrected chi connectivity index (χ4v) is 3.52. The summed E-state index contributed by atoms with van der Waals surface area (Å²) < 4.78 is 32.2. The van der Waals surface area contributed by atoms with E-state index in [2.05, 4.69) is 15.5 Å². The number of carbonyl (C=O) groups excluding carboxylic acids is 2. The van der Waals surface area contributed by atoms with E-state index in [1.165, 1.54) is 6.07 Å².